The van der Waals surface area contributed by atoms with Gasteiger partial charge in [-0.15, -0.1) is 10.2 Å². The molecule has 2 aromatic carbocycles. The van der Waals surface area contributed by atoms with Crippen LogP contribution in [0, 0.1) is 5.41 Å². The Balaban J connectivity index is 1.33. The number of carbonyl (C=O) groups is 2. The molecule has 40 heavy (non-hydrogen) atoms. The summed E-state index contributed by atoms with van der Waals surface area (Å²) in [4.78, 5) is 28.4. The van der Waals surface area contributed by atoms with Crippen LogP contribution >= 0.6 is 11.3 Å². The number of anilines is 1. The van der Waals surface area contributed by atoms with E-state index in [1.165, 1.54) is 17.6 Å². The molecule has 12 heteroatoms. The third-order valence-corrected chi connectivity index (χ3v) is 7.52. The van der Waals surface area contributed by atoms with Crippen LogP contribution in [-0.2, 0) is 44.4 Å². The monoisotopic (exact) mass is 582 g/mol. The Morgan fingerprint density at radius 2 is 1.68 bits per heavy atom. The van der Waals surface area contributed by atoms with Crippen molar-refractivity contribution >= 4 is 49.7 Å². The molecule has 10 nitrogen and oxygen atoms in total. The minimum Gasteiger partial charge on any atom is -0.387 e. The van der Waals surface area contributed by atoms with Crippen molar-refractivity contribution in [3.8, 4) is 0 Å². The van der Waals surface area contributed by atoms with Crippen LogP contribution in [0.4, 0.5) is 5.13 Å². The smallest absolute Gasteiger partial charge is 0.251 e. The molecule has 0 spiro atoms. The molecule has 2 amide bonds. The predicted molar refractivity (Wildman–Crippen MR) is 159 cm³/mol. The van der Waals surface area contributed by atoms with Gasteiger partial charge in [-0.05, 0) is 42.4 Å². The molecular formula is C28H34N6O4S2. The van der Waals surface area contributed by atoms with E-state index in [0.717, 1.165) is 29.0 Å². The van der Waals surface area contributed by atoms with E-state index in [-0.39, 0.29) is 36.2 Å². The number of amides is 2. The molecule has 0 aliphatic rings. The second-order valence-electron chi connectivity index (χ2n) is 9.59. The normalized spacial score (nSPS) is 11.8. The fourth-order valence-electron chi connectivity index (χ4n) is 3.93. The molecular weight excluding hydrogens is 548 g/mol. The topological polar surface area (TPSA) is 168 Å². The van der Waals surface area contributed by atoms with Gasteiger partial charge < -0.3 is 16.5 Å². The molecule has 212 valence electrons. The second kappa shape index (κ2) is 15.1. The summed E-state index contributed by atoms with van der Waals surface area (Å²) in [6.45, 7) is 0. The summed E-state index contributed by atoms with van der Waals surface area (Å²) in [5.74, 6) is -0.366. The van der Waals surface area contributed by atoms with Crippen LogP contribution in [0.5, 0.6) is 0 Å². The summed E-state index contributed by atoms with van der Waals surface area (Å²) in [6.07, 6.45) is 5.24. The molecule has 3 aromatic rings. The number of aliphatic imine (C=N–C) groups is 1. The molecule has 4 N–H and O–H groups in total. The highest BCUT2D eigenvalue weighted by Crippen LogP contribution is 2.18. The molecule has 0 radical (unpaired) electrons. The molecule has 0 aliphatic heterocycles. The SMILES string of the molecule is CS(=O)(=O)Cc1cccc(CC(=O)Nc2nnc(CCCCC(=N)CCC(N)=NC(=O)Cc3ccccc3)s2)c1. The molecule has 0 unspecified atom stereocenters. The number of sulfone groups is 1. The van der Waals surface area contributed by atoms with Crippen LogP contribution in [0.25, 0.3) is 0 Å². The Morgan fingerprint density at radius 3 is 2.42 bits per heavy atom. The first kappa shape index (κ1) is 30.8. The molecule has 1 aromatic heterocycles. The van der Waals surface area contributed by atoms with Crippen LogP contribution in [0.3, 0.4) is 0 Å². The van der Waals surface area contributed by atoms with Gasteiger partial charge in [0.2, 0.25) is 11.0 Å². The van der Waals surface area contributed by atoms with Crippen molar-refractivity contribution in [3.05, 3.63) is 76.3 Å². The van der Waals surface area contributed by atoms with E-state index in [0.29, 0.717) is 42.1 Å². The molecule has 0 bridgehead atoms. The van der Waals surface area contributed by atoms with Gasteiger partial charge in [-0.2, -0.15) is 0 Å². The van der Waals surface area contributed by atoms with Crippen LogP contribution in [0.1, 0.15) is 53.8 Å². The van der Waals surface area contributed by atoms with Gasteiger partial charge in [0.25, 0.3) is 5.91 Å². The van der Waals surface area contributed by atoms with Gasteiger partial charge in [0.1, 0.15) is 10.8 Å². The van der Waals surface area contributed by atoms with E-state index in [1.54, 1.807) is 24.3 Å². The highest BCUT2D eigenvalue weighted by molar-refractivity contribution is 7.89. The van der Waals surface area contributed by atoms with E-state index < -0.39 is 9.84 Å². The number of aromatic nitrogens is 2. The summed E-state index contributed by atoms with van der Waals surface area (Å²) in [6, 6.07) is 16.3. The Hall–Kier alpha value is -3.77. The fourth-order valence-corrected chi connectivity index (χ4v) is 5.51. The first-order chi connectivity index (χ1) is 19.1. The van der Waals surface area contributed by atoms with Gasteiger partial charge in [-0.25, -0.2) is 13.4 Å². The lowest BCUT2D eigenvalue weighted by atomic mass is 10.1. The summed E-state index contributed by atoms with van der Waals surface area (Å²) in [7, 11) is -3.15. The van der Waals surface area contributed by atoms with Crippen molar-refractivity contribution in [3.63, 3.8) is 0 Å². The van der Waals surface area contributed by atoms with Crippen LogP contribution in [0.15, 0.2) is 59.6 Å². The van der Waals surface area contributed by atoms with Gasteiger partial charge in [0, 0.05) is 24.8 Å². The molecule has 3 rings (SSSR count). The van der Waals surface area contributed by atoms with Crippen molar-refractivity contribution in [1.29, 1.82) is 5.41 Å². The standard InChI is InChI=1S/C28H34N6O4S2/c1-40(37,38)19-22-11-7-10-21(16-22)18-26(36)32-28-34-33-27(39-28)13-6-5-12-23(29)14-15-24(30)31-25(35)17-20-8-3-2-4-9-20/h2-4,7-11,16,29H,5-6,12-15,17-19H2,1H3,(H2,30,31,35)(H,32,34,36). The third-order valence-electron chi connectivity index (χ3n) is 5.77. The maximum atomic E-state index is 12.4. The van der Waals surface area contributed by atoms with Gasteiger partial charge in [-0.3, -0.25) is 9.59 Å². The molecule has 0 aliphatic carbocycles. The lowest BCUT2D eigenvalue weighted by Gasteiger charge is -2.05. The second-order valence-corrected chi connectivity index (χ2v) is 12.8. The zero-order valence-electron chi connectivity index (χ0n) is 22.4. The number of hydrogen-bond donors (Lipinski definition) is 3. The molecule has 0 atom stereocenters. The summed E-state index contributed by atoms with van der Waals surface area (Å²) in [5.41, 5.74) is 8.69. The van der Waals surface area contributed by atoms with Crippen LogP contribution < -0.4 is 11.1 Å². The largest absolute Gasteiger partial charge is 0.387 e. The quantitative estimate of drug-likeness (QED) is 0.139. The maximum absolute atomic E-state index is 12.4. The van der Waals surface area contributed by atoms with Gasteiger partial charge in [0.15, 0.2) is 9.84 Å². The molecule has 0 saturated carbocycles. The number of benzene rings is 2. The number of nitrogens with one attached hydrogen (secondary N) is 2. The fraction of sp³-hybridized carbons (Fsp3) is 0.357. The maximum Gasteiger partial charge on any atom is 0.251 e. The number of nitrogens with zero attached hydrogens (tertiary/aromatic N) is 3. The molecule has 1 heterocycles. The Morgan fingerprint density at radius 1 is 0.950 bits per heavy atom. The van der Waals surface area contributed by atoms with E-state index in [4.69, 9.17) is 11.1 Å². The average molecular weight is 583 g/mol. The van der Waals surface area contributed by atoms with E-state index in [9.17, 15) is 18.0 Å². The minimum atomic E-state index is -3.15. The van der Waals surface area contributed by atoms with Crippen LogP contribution in [0.2, 0.25) is 0 Å². The number of amidine groups is 1. The highest BCUT2D eigenvalue weighted by atomic mass is 32.2. The van der Waals surface area contributed by atoms with Crippen molar-refractivity contribution in [2.75, 3.05) is 11.6 Å². The third kappa shape index (κ3) is 12.0. The van der Waals surface area contributed by atoms with Crippen LogP contribution in [-0.4, -0.2) is 48.2 Å². The number of unbranched alkanes of at least 4 members (excludes halogenated alkanes) is 1. The minimum absolute atomic E-state index is 0.0692. The summed E-state index contributed by atoms with van der Waals surface area (Å²) in [5, 5.41) is 20.3. The van der Waals surface area contributed by atoms with Gasteiger partial charge in [-0.1, -0.05) is 65.9 Å². The summed E-state index contributed by atoms with van der Waals surface area (Å²) < 4.78 is 23.0. The van der Waals surface area contributed by atoms with Crippen molar-refractivity contribution < 1.29 is 18.0 Å². The van der Waals surface area contributed by atoms with E-state index in [1.807, 2.05) is 30.3 Å². The Kier molecular flexibility index (Phi) is 11.6. The lowest BCUT2D eigenvalue weighted by Crippen LogP contribution is -2.16. The van der Waals surface area contributed by atoms with Crippen molar-refractivity contribution in [2.45, 2.75) is 57.1 Å². The Bertz CT molecular complexity index is 1450. The van der Waals surface area contributed by atoms with Crippen molar-refractivity contribution in [2.24, 2.45) is 10.7 Å². The number of aryl methyl sites for hydroxylation is 1. The number of rotatable bonds is 15. The first-order valence-corrected chi connectivity index (χ1v) is 15.8. The van der Waals surface area contributed by atoms with Crippen molar-refractivity contribution in [1.82, 2.24) is 10.2 Å². The molecule has 0 saturated heterocycles. The lowest BCUT2D eigenvalue weighted by molar-refractivity contribution is -0.117. The number of nitrogens with two attached hydrogens (primary N) is 1. The zero-order chi connectivity index (χ0) is 29.0. The van der Waals surface area contributed by atoms with Gasteiger partial charge in [0.05, 0.1) is 18.6 Å². The zero-order valence-corrected chi connectivity index (χ0v) is 24.1. The predicted octanol–water partition coefficient (Wildman–Crippen LogP) is 3.90. The number of carbonyl (C=O) groups excluding carboxylic acids is 2. The highest BCUT2D eigenvalue weighted by Gasteiger charge is 2.11. The first-order valence-electron chi connectivity index (χ1n) is 12.9. The Labute approximate surface area is 238 Å². The van der Waals surface area contributed by atoms with E-state index in [2.05, 4.69) is 20.5 Å². The number of hydrogen-bond acceptors (Lipinski definition) is 8. The average Bonchev–Trinajstić information content (AvgIpc) is 3.32. The molecule has 0 fully saturated rings. The van der Waals surface area contributed by atoms with Gasteiger partial charge >= 0.3 is 0 Å². The van der Waals surface area contributed by atoms with E-state index >= 15 is 0 Å². The summed E-state index contributed by atoms with van der Waals surface area (Å²) >= 11 is 1.31.